The predicted octanol–water partition coefficient (Wildman–Crippen LogP) is 13.0. The minimum atomic E-state index is -2.71. The van der Waals surface area contributed by atoms with Gasteiger partial charge in [-0.3, -0.25) is 14.4 Å². The first-order valence-electron chi connectivity index (χ1n) is 27.9. The third kappa shape index (κ3) is 12.4. The van der Waals surface area contributed by atoms with E-state index < -0.39 is 76.3 Å². The van der Waals surface area contributed by atoms with Crippen LogP contribution in [0.2, 0.25) is 34.8 Å². The van der Waals surface area contributed by atoms with Crippen molar-refractivity contribution in [2.24, 2.45) is 5.92 Å². The molecule has 0 aromatic heterocycles. The van der Waals surface area contributed by atoms with Crippen molar-refractivity contribution in [3.63, 3.8) is 0 Å². The van der Waals surface area contributed by atoms with Crippen LogP contribution in [0.1, 0.15) is 143 Å². The van der Waals surface area contributed by atoms with Gasteiger partial charge in [-0.25, -0.2) is 19.9 Å². The largest absolute Gasteiger partial charge is 0.540 e. The Morgan fingerprint density at radius 2 is 1.32 bits per heavy atom. The van der Waals surface area contributed by atoms with E-state index in [0.29, 0.717) is 29.3 Å². The number of methoxy groups -OCH3 is 1. The lowest BCUT2D eigenvalue weighted by Crippen LogP contribution is -2.58. The third-order valence-corrected chi connectivity index (χ3v) is 26.8. The van der Waals surface area contributed by atoms with Crippen molar-refractivity contribution in [3.8, 4) is 22.6 Å². The number of rotatable bonds is 19. The normalized spacial score (nSPS) is 17.4. The summed E-state index contributed by atoms with van der Waals surface area (Å²) in [6.45, 7) is 34.6. The van der Waals surface area contributed by atoms with Crippen LogP contribution in [0, 0.1) is 5.92 Å². The smallest absolute Gasteiger partial charge is 0.417 e. The van der Waals surface area contributed by atoms with Gasteiger partial charge in [0.1, 0.15) is 30.0 Å². The van der Waals surface area contributed by atoms with Crippen LogP contribution in [-0.4, -0.2) is 94.9 Å². The second-order valence-electron chi connectivity index (χ2n) is 25.2. The van der Waals surface area contributed by atoms with E-state index in [0.717, 1.165) is 33.4 Å². The zero-order valence-corrected chi connectivity index (χ0v) is 51.7. The molecule has 426 valence electrons. The number of ketones is 1. The summed E-state index contributed by atoms with van der Waals surface area (Å²) in [7, 11) is -3.72. The number of esters is 1. The fourth-order valence-corrected chi connectivity index (χ4v) is 17.7. The lowest BCUT2D eigenvalue weighted by Gasteiger charge is -2.45. The van der Waals surface area contributed by atoms with Gasteiger partial charge in [0.25, 0.3) is 20.0 Å². The Kier molecular flexibility index (Phi) is 17.9. The van der Waals surface area contributed by atoms with Crippen molar-refractivity contribution in [1.82, 2.24) is 15.6 Å². The van der Waals surface area contributed by atoms with Gasteiger partial charge < -0.3 is 38.7 Å². The highest BCUT2D eigenvalue weighted by molar-refractivity contribution is 6.78. The first-order chi connectivity index (χ1) is 36.9. The average Bonchev–Trinajstić information content (AvgIpc) is 3.94. The number of hydrazine groups is 1. The SMILES string of the molecule is COc1cc2c(cc1O[Si](C(C)C)(C(C)C)C(C)C)N(C(=O)OC(C)(C)C)[C@@H](O[Si](C)(C)C(C)(C)C)[C@@H]1CC(c3ccc(NN[C@H](C)C(=O)N[C@H](C(=O)C(=O)OCC4c5ccccc5-c5ccccc54)C(C)C)cc3)=CN1C2=O. The molecule has 7 rings (SSSR count). The molecular weight excluding hydrogens is 1030 g/mol. The van der Waals surface area contributed by atoms with Crippen molar-refractivity contribution in [3.05, 3.63) is 113 Å². The highest BCUT2D eigenvalue weighted by Gasteiger charge is 2.53. The Balaban J connectivity index is 1.11. The highest BCUT2D eigenvalue weighted by atomic mass is 28.4. The van der Waals surface area contributed by atoms with E-state index in [-0.39, 0.29) is 45.7 Å². The standard InChI is InChI=1S/C62H85N5O10Si2/c1-36(2)54(55(68)59(71)74-35-49-46-25-21-19-23-44(46)45-24-20-22-26-47(45)49)63-56(69)40(9)64-65-43-29-27-41(28-30-43)42-31-51-58(77-78(17,18)62(13,14)15)67(60(72)75-61(10,11)12)50-33-53(76-79(37(3)4,38(5)6)39(7)8)52(73-16)32-48(50)57(70)66(51)34-42/h19-30,32-34,36-40,49,51,54,58,64-65H,31,35H2,1-18H3,(H,63,69)/t40-,51+,54+,58+/m1/s1. The molecule has 3 amide bonds. The number of nitrogens with one attached hydrogen (secondary N) is 3. The molecule has 2 heterocycles. The molecule has 2 aliphatic heterocycles. The van der Waals surface area contributed by atoms with Crippen molar-refractivity contribution in [1.29, 1.82) is 0 Å². The van der Waals surface area contributed by atoms with Gasteiger partial charge in [0.15, 0.2) is 20.3 Å². The number of hydrogen-bond donors (Lipinski definition) is 3. The number of ether oxygens (including phenoxy) is 3. The fourth-order valence-electron chi connectivity index (χ4n) is 11.2. The van der Waals surface area contributed by atoms with Crippen LogP contribution in [0.4, 0.5) is 16.2 Å². The Bertz CT molecular complexity index is 2890. The summed E-state index contributed by atoms with van der Waals surface area (Å²) in [6, 6.07) is 24.4. The summed E-state index contributed by atoms with van der Waals surface area (Å²) in [6.07, 6.45) is 0.576. The number of benzene rings is 4. The minimum Gasteiger partial charge on any atom is -0.540 e. The van der Waals surface area contributed by atoms with Crippen molar-refractivity contribution in [2.45, 2.75) is 181 Å². The third-order valence-electron chi connectivity index (χ3n) is 16.4. The predicted molar refractivity (Wildman–Crippen MR) is 317 cm³/mol. The van der Waals surface area contributed by atoms with Crippen molar-refractivity contribution < 1.29 is 47.0 Å². The second-order valence-corrected chi connectivity index (χ2v) is 35.3. The van der Waals surface area contributed by atoms with Crippen LogP contribution in [0.5, 0.6) is 11.5 Å². The molecule has 3 N–H and O–H groups in total. The van der Waals surface area contributed by atoms with Crippen LogP contribution < -0.4 is 30.2 Å². The van der Waals surface area contributed by atoms with Gasteiger partial charge in [0.05, 0.1) is 24.4 Å². The second kappa shape index (κ2) is 23.4. The molecule has 0 spiro atoms. The van der Waals surface area contributed by atoms with Gasteiger partial charge in [-0.1, -0.05) is 137 Å². The van der Waals surface area contributed by atoms with Gasteiger partial charge in [0, 0.05) is 23.9 Å². The molecule has 1 aliphatic carbocycles. The average molecular weight is 1120 g/mol. The van der Waals surface area contributed by atoms with E-state index in [9.17, 15) is 14.4 Å². The molecule has 0 saturated heterocycles. The quantitative estimate of drug-likeness (QED) is 0.0351. The Hall–Kier alpha value is -6.28. The molecule has 0 unspecified atom stereocenters. The number of carbonyl (C=O) groups is 5. The van der Waals surface area contributed by atoms with E-state index >= 15 is 9.59 Å². The number of hydrogen-bond acceptors (Lipinski definition) is 12. The van der Waals surface area contributed by atoms with E-state index in [1.807, 2.05) is 99.8 Å². The fraction of sp³-hybridized carbons (Fsp3) is 0.500. The topological polar surface area (TPSA) is 174 Å². The molecule has 0 saturated carbocycles. The maximum absolute atomic E-state index is 15.3. The highest BCUT2D eigenvalue weighted by Crippen LogP contribution is 2.50. The van der Waals surface area contributed by atoms with Gasteiger partial charge in [-0.2, -0.15) is 0 Å². The number of fused-ring (bicyclic) bond motifs is 5. The molecule has 4 aromatic rings. The van der Waals surface area contributed by atoms with Crippen molar-refractivity contribution in [2.75, 3.05) is 24.0 Å². The number of anilines is 2. The van der Waals surface area contributed by atoms with Crippen LogP contribution in [0.3, 0.4) is 0 Å². The lowest BCUT2D eigenvalue weighted by atomic mass is 9.97. The van der Waals surface area contributed by atoms with Crippen LogP contribution in [0.25, 0.3) is 16.7 Å². The lowest BCUT2D eigenvalue weighted by molar-refractivity contribution is -0.155. The molecule has 4 atom stereocenters. The number of Topliss-reactive ketones (excluding diaryl/α,β-unsaturated/α-hetero) is 1. The summed E-state index contributed by atoms with van der Waals surface area (Å²) in [5, 5.41) is 2.50. The van der Waals surface area contributed by atoms with E-state index in [4.69, 9.17) is 23.1 Å². The zero-order chi connectivity index (χ0) is 58.3. The molecule has 3 aliphatic rings. The van der Waals surface area contributed by atoms with E-state index in [1.54, 1.807) is 49.8 Å². The maximum Gasteiger partial charge on any atom is 0.417 e. The summed E-state index contributed by atoms with van der Waals surface area (Å²) in [4.78, 5) is 74.1. The molecule has 17 heteroatoms. The number of nitrogens with zero attached hydrogens (tertiary/aromatic N) is 2. The molecule has 0 bridgehead atoms. The zero-order valence-electron chi connectivity index (χ0n) is 49.7. The summed E-state index contributed by atoms with van der Waals surface area (Å²) in [5.74, 6) is -2.41. The van der Waals surface area contributed by atoms with Gasteiger partial charge in [-0.15, -0.1) is 0 Å². The van der Waals surface area contributed by atoms with Gasteiger partial charge in [0.2, 0.25) is 5.91 Å². The molecule has 79 heavy (non-hydrogen) atoms. The van der Waals surface area contributed by atoms with Gasteiger partial charge in [-0.05, 0) is 126 Å². The Morgan fingerprint density at radius 3 is 1.84 bits per heavy atom. The van der Waals surface area contributed by atoms with E-state index in [2.05, 4.69) is 91.6 Å². The molecule has 0 radical (unpaired) electrons. The van der Waals surface area contributed by atoms with Crippen LogP contribution in [-0.2, 0) is 28.3 Å². The van der Waals surface area contributed by atoms with Gasteiger partial charge >= 0.3 is 12.1 Å². The van der Waals surface area contributed by atoms with Crippen LogP contribution >= 0.6 is 0 Å². The molecule has 4 aromatic carbocycles. The summed E-state index contributed by atoms with van der Waals surface area (Å²) < 4.78 is 32.6. The van der Waals surface area contributed by atoms with Crippen LogP contribution in [0.15, 0.2) is 91.1 Å². The monoisotopic (exact) mass is 1120 g/mol. The number of amides is 3. The summed E-state index contributed by atoms with van der Waals surface area (Å²) in [5.41, 5.74) is 13.0. The Morgan fingerprint density at radius 1 is 0.747 bits per heavy atom. The molecule has 15 nitrogen and oxygen atoms in total. The Labute approximate surface area is 470 Å². The van der Waals surface area contributed by atoms with E-state index in [1.165, 1.54) is 0 Å². The molecule has 0 fully saturated rings. The summed E-state index contributed by atoms with van der Waals surface area (Å²) >= 11 is 0. The first kappa shape index (κ1) is 60.4. The molecular formula is C62H85N5O10Si2. The van der Waals surface area contributed by atoms with Crippen molar-refractivity contribution >= 4 is 63.2 Å². The minimum absolute atomic E-state index is 0.0100. The number of carbonyl (C=O) groups excluding carboxylic acids is 5. The first-order valence-corrected chi connectivity index (χ1v) is 32.9. The maximum atomic E-state index is 15.3.